The number of aryl methyl sites for hydroxylation is 1. The maximum atomic E-state index is 13.3. The average molecular weight is 206 g/mol. The molecule has 0 amide bonds. The fourth-order valence-electron chi connectivity index (χ4n) is 1.61. The molecule has 0 aromatic carbocycles. The van der Waals surface area contributed by atoms with Gasteiger partial charge in [0.15, 0.2) is 0 Å². The first-order valence-electron chi connectivity index (χ1n) is 4.14. The van der Waals surface area contributed by atoms with Crippen molar-refractivity contribution in [3.05, 3.63) is 11.9 Å². The number of hydrogen-bond donors (Lipinski definition) is 1. The van der Waals surface area contributed by atoms with E-state index in [1.54, 1.807) is 6.20 Å². The summed E-state index contributed by atoms with van der Waals surface area (Å²) in [6, 6.07) is 0. The molecule has 2 heterocycles. The molecule has 0 radical (unpaired) electrons. The summed E-state index contributed by atoms with van der Waals surface area (Å²) < 4.78 is 28.1. The summed E-state index contributed by atoms with van der Waals surface area (Å²) >= 11 is 0. The van der Waals surface area contributed by atoms with Crippen molar-refractivity contribution in [2.45, 2.75) is 23.8 Å². The predicted molar refractivity (Wildman–Crippen MR) is 49.8 cm³/mol. The number of alkyl halides is 2. The maximum absolute atomic E-state index is 13.3. The van der Waals surface area contributed by atoms with Crippen molar-refractivity contribution in [3.63, 3.8) is 0 Å². The number of fused-ring (bicyclic) bond motifs is 1. The minimum atomic E-state index is -2.65. The highest BCUT2D eigenvalue weighted by atomic mass is 32.2. The standard InChI is InChI=1S/C8H12F2N2S/c1-13(2)6-5-11-12-4-3-8(9,10)7(6)12/h5,13H,3-4H2,1-2H3. The van der Waals surface area contributed by atoms with Crippen LogP contribution in [0.25, 0.3) is 0 Å². The number of rotatable bonds is 1. The van der Waals surface area contributed by atoms with Gasteiger partial charge in [-0.15, -0.1) is 0 Å². The molecule has 2 nitrogen and oxygen atoms in total. The van der Waals surface area contributed by atoms with Gasteiger partial charge in [-0.3, -0.25) is 4.68 Å². The SMILES string of the molecule is C[SH](C)c1cnn2c1C(F)(F)CC2. The molecule has 1 aliphatic rings. The molecule has 0 saturated heterocycles. The fraction of sp³-hybridized carbons (Fsp3) is 0.625. The zero-order valence-electron chi connectivity index (χ0n) is 7.59. The lowest BCUT2D eigenvalue weighted by Crippen LogP contribution is -2.09. The van der Waals surface area contributed by atoms with Crippen LogP contribution in [0.2, 0.25) is 0 Å². The Labute approximate surface area is 78.3 Å². The van der Waals surface area contributed by atoms with Gasteiger partial charge in [0.1, 0.15) is 5.69 Å². The molecule has 0 bridgehead atoms. The molecule has 1 aliphatic heterocycles. The summed E-state index contributed by atoms with van der Waals surface area (Å²) in [6.07, 6.45) is 5.45. The third-order valence-electron chi connectivity index (χ3n) is 2.29. The van der Waals surface area contributed by atoms with E-state index in [1.807, 2.05) is 12.5 Å². The topological polar surface area (TPSA) is 17.8 Å². The smallest absolute Gasteiger partial charge is 0.262 e. The minimum Gasteiger partial charge on any atom is -0.262 e. The van der Waals surface area contributed by atoms with Crippen molar-refractivity contribution >= 4 is 10.9 Å². The summed E-state index contributed by atoms with van der Waals surface area (Å²) in [4.78, 5) is 0.748. The van der Waals surface area contributed by atoms with E-state index in [1.165, 1.54) is 4.68 Å². The van der Waals surface area contributed by atoms with E-state index >= 15 is 0 Å². The van der Waals surface area contributed by atoms with E-state index in [9.17, 15) is 8.78 Å². The van der Waals surface area contributed by atoms with Crippen LogP contribution in [0.5, 0.6) is 0 Å². The maximum Gasteiger partial charge on any atom is 0.292 e. The van der Waals surface area contributed by atoms with E-state index in [-0.39, 0.29) is 12.1 Å². The lowest BCUT2D eigenvalue weighted by molar-refractivity contribution is -0.00462. The molecule has 1 aromatic rings. The normalized spacial score (nSPS) is 20.2. The highest BCUT2D eigenvalue weighted by Crippen LogP contribution is 2.45. The molecule has 0 aliphatic carbocycles. The molecule has 2 rings (SSSR count). The largest absolute Gasteiger partial charge is 0.292 e. The molecule has 0 saturated carbocycles. The van der Waals surface area contributed by atoms with Gasteiger partial charge in [0.2, 0.25) is 0 Å². The molecule has 13 heavy (non-hydrogen) atoms. The van der Waals surface area contributed by atoms with Crippen molar-refractivity contribution in [1.29, 1.82) is 0 Å². The Balaban J connectivity index is 2.53. The van der Waals surface area contributed by atoms with Gasteiger partial charge in [-0.05, 0) is 12.5 Å². The van der Waals surface area contributed by atoms with E-state index in [0.717, 1.165) is 4.90 Å². The average Bonchev–Trinajstić information content (AvgIpc) is 2.53. The van der Waals surface area contributed by atoms with E-state index in [0.29, 0.717) is 6.54 Å². The monoisotopic (exact) mass is 206 g/mol. The summed E-state index contributed by atoms with van der Waals surface area (Å²) in [5.41, 5.74) is 0.156. The third kappa shape index (κ3) is 1.25. The van der Waals surface area contributed by atoms with Gasteiger partial charge in [0.05, 0.1) is 6.20 Å². The number of nitrogens with zero attached hydrogens (tertiary/aromatic N) is 2. The summed E-state index contributed by atoms with van der Waals surface area (Å²) in [7, 11) is -0.483. The Morgan fingerprint density at radius 2 is 2.23 bits per heavy atom. The van der Waals surface area contributed by atoms with Gasteiger partial charge in [-0.25, -0.2) is 10.9 Å². The van der Waals surface area contributed by atoms with E-state index in [4.69, 9.17) is 0 Å². The number of aromatic nitrogens is 2. The van der Waals surface area contributed by atoms with Crippen molar-refractivity contribution in [3.8, 4) is 0 Å². The van der Waals surface area contributed by atoms with Crippen LogP contribution in [0.4, 0.5) is 8.78 Å². The van der Waals surface area contributed by atoms with E-state index in [2.05, 4.69) is 5.10 Å². The van der Waals surface area contributed by atoms with Gasteiger partial charge in [-0.2, -0.15) is 13.9 Å². The molecule has 1 aromatic heterocycles. The zero-order chi connectivity index (χ0) is 9.64. The minimum absolute atomic E-state index is 0.0909. The molecule has 0 unspecified atom stereocenters. The number of thiol groups is 1. The lowest BCUT2D eigenvalue weighted by Gasteiger charge is -2.13. The van der Waals surface area contributed by atoms with Gasteiger partial charge in [0.25, 0.3) is 5.92 Å². The highest BCUT2D eigenvalue weighted by molar-refractivity contribution is 8.15. The second-order valence-electron chi connectivity index (χ2n) is 3.45. The second-order valence-corrected chi connectivity index (χ2v) is 5.72. The van der Waals surface area contributed by atoms with E-state index < -0.39 is 16.8 Å². The summed E-state index contributed by atoms with van der Waals surface area (Å²) in [5, 5.41) is 3.97. The van der Waals surface area contributed by atoms with Crippen LogP contribution in [0.1, 0.15) is 12.1 Å². The second kappa shape index (κ2) is 2.70. The zero-order valence-corrected chi connectivity index (χ0v) is 8.48. The Kier molecular flexibility index (Phi) is 1.87. The van der Waals surface area contributed by atoms with Crippen LogP contribution in [0.3, 0.4) is 0 Å². The molecule has 0 spiro atoms. The third-order valence-corrected chi connectivity index (χ3v) is 3.58. The Morgan fingerprint density at radius 1 is 1.54 bits per heavy atom. The Bertz CT molecular complexity index is 333. The van der Waals surface area contributed by atoms with Gasteiger partial charge >= 0.3 is 0 Å². The van der Waals surface area contributed by atoms with Crippen molar-refractivity contribution in [1.82, 2.24) is 9.78 Å². The first-order chi connectivity index (χ1) is 6.02. The predicted octanol–water partition coefficient (Wildman–Crippen LogP) is 2.00. The Hall–Kier alpha value is -0.580. The van der Waals surface area contributed by atoms with Crippen LogP contribution in [-0.4, -0.2) is 22.3 Å². The first kappa shape index (κ1) is 8.99. The quantitative estimate of drug-likeness (QED) is 0.696. The summed E-state index contributed by atoms with van der Waals surface area (Å²) in [5.74, 6) is -2.65. The lowest BCUT2D eigenvalue weighted by atomic mass is 10.2. The molecule has 0 atom stereocenters. The van der Waals surface area contributed by atoms with Crippen LogP contribution < -0.4 is 0 Å². The van der Waals surface area contributed by atoms with Crippen LogP contribution in [0.15, 0.2) is 11.1 Å². The summed E-state index contributed by atoms with van der Waals surface area (Å²) in [6.45, 7) is 0.353. The number of hydrogen-bond acceptors (Lipinski definition) is 1. The van der Waals surface area contributed by atoms with Crippen LogP contribution >= 0.6 is 10.9 Å². The van der Waals surface area contributed by atoms with Gasteiger partial charge < -0.3 is 0 Å². The van der Waals surface area contributed by atoms with Crippen molar-refractivity contribution in [2.75, 3.05) is 12.5 Å². The molecular weight excluding hydrogens is 194 g/mol. The van der Waals surface area contributed by atoms with Crippen LogP contribution in [-0.2, 0) is 12.5 Å². The fourth-order valence-corrected chi connectivity index (χ4v) is 2.60. The first-order valence-corrected chi connectivity index (χ1v) is 6.37. The highest BCUT2D eigenvalue weighted by Gasteiger charge is 2.43. The van der Waals surface area contributed by atoms with Crippen LogP contribution in [0, 0.1) is 0 Å². The Morgan fingerprint density at radius 3 is 2.85 bits per heavy atom. The van der Waals surface area contributed by atoms with Crippen molar-refractivity contribution < 1.29 is 8.78 Å². The molecule has 0 N–H and O–H groups in total. The number of halogens is 2. The molecular formula is C8H12F2N2S. The molecule has 0 fully saturated rings. The molecule has 74 valence electrons. The van der Waals surface area contributed by atoms with Crippen molar-refractivity contribution in [2.24, 2.45) is 0 Å². The molecule has 5 heteroatoms. The van der Waals surface area contributed by atoms with Gasteiger partial charge in [-0.1, -0.05) is 0 Å². The van der Waals surface area contributed by atoms with Gasteiger partial charge in [0, 0.05) is 17.9 Å².